The van der Waals surface area contributed by atoms with Crippen LogP contribution >= 0.6 is 0 Å². The Hall–Kier alpha value is -0.550. The van der Waals surface area contributed by atoms with Crippen LogP contribution in [0, 0.1) is 11.3 Å². The van der Waals surface area contributed by atoms with Crippen molar-refractivity contribution in [2.45, 2.75) is 45.2 Å². The summed E-state index contributed by atoms with van der Waals surface area (Å²) in [6.45, 7) is 7.59. The lowest BCUT2D eigenvalue weighted by Gasteiger charge is -2.33. The average Bonchev–Trinajstić information content (AvgIpc) is 2.31. The molecule has 11 heavy (non-hydrogen) atoms. The topological polar surface area (TPSA) is 27.0 Å². The Morgan fingerprint density at radius 1 is 1.45 bits per heavy atom. The summed E-state index contributed by atoms with van der Waals surface area (Å²) < 4.78 is 0. The van der Waals surface area contributed by atoms with Gasteiger partial charge in [-0.1, -0.05) is 0 Å². The maximum Gasteiger partial charge on any atom is 0.0982 e. The molecule has 0 bridgehead atoms. The van der Waals surface area contributed by atoms with E-state index in [0.29, 0.717) is 0 Å². The van der Waals surface area contributed by atoms with Crippen molar-refractivity contribution in [3.63, 3.8) is 0 Å². The third-order valence-corrected chi connectivity index (χ3v) is 2.26. The summed E-state index contributed by atoms with van der Waals surface area (Å²) in [7, 11) is 0. The van der Waals surface area contributed by atoms with Crippen molar-refractivity contribution in [3.8, 4) is 6.07 Å². The fourth-order valence-electron chi connectivity index (χ4n) is 1.70. The number of hydrogen-bond donors (Lipinski definition) is 0. The van der Waals surface area contributed by atoms with Gasteiger partial charge in [0.05, 0.1) is 12.1 Å². The zero-order chi connectivity index (χ0) is 8.48. The molecule has 0 radical (unpaired) electrons. The van der Waals surface area contributed by atoms with E-state index >= 15 is 0 Å². The molecular formula is C9H16N2. The smallest absolute Gasteiger partial charge is 0.0982 e. The van der Waals surface area contributed by atoms with Crippen LogP contribution in [0.15, 0.2) is 0 Å². The molecule has 2 heteroatoms. The molecule has 0 aromatic rings. The zero-order valence-corrected chi connectivity index (χ0v) is 7.59. The van der Waals surface area contributed by atoms with Crippen LogP contribution in [0.25, 0.3) is 0 Å². The SMILES string of the molecule is CC(C)(C)N1CCC[C@H]1C#N. The molecule has 0 aromatic carbocycles. The fraction of sp³-hybridized carbons (Fsp3) is 0.889. The highest BCUT2D eigenvalue weighted by atomic mass is 15.2. The monoisotopic (exact) mass is 152 g/mol. The van der Waals surface area contributed by atoms with Crippen LogP contribution in [-0.4, -0.2) is 23.0 Å². The summed E-state index contributed by atoms with van der Waals surface area (Å²) >= 11 is 0. The summed E-state index contributed by atoms with van der Waals surface area (Å²) in [5.41, 5.74) is 0.164. The molecule has 1 heterocycles. The van der Waals surface area contributed by atoms with Crippen molar-refractivity contribution in [3.05, 3.63) is 0 Å². The van der Waals surface area contributed by atoms with Gasteiger partial charge in [-0.3, -0.25) is 4.90 Å². The lowest BCUT2D eigenvalue weighted by atomic mass is 10.1. The third kappa shape index (κ3) is 1.72. The van der Waals surface area contributed by atoms with Gasteiger partial charge >= 0.3 is 0 Å². The Morgan fingerprint density at radius 3 is 2.45 bits per heavy atom. The Balaban J connectivity index is 2.66. The molecule has 0 aromatic heterocycles. The summed E-state index contributed by atoms with van der Waals surface area (Å²) in [4.78, 5) is 2.28. The first-order chi connectivity index (χ1) is 5.05. The third-order valence-electron chi connectivity index (χ3n) is 2.26. The average molecular weight is 152 g/mol. The van der Waals surface area contributed by atoms with E-state index in [4.69, 9.17) is 5.26 Å². The Kier molecular flexibility index (Phi) is 2.20. The standard InChI is InChI=1S/C9H16N2/c1-9(2,3)11-6-4-5-8(11)7-10/h8H,4-6H2,1-3H3/t8-/m0/s1. The minimum absolute atomic E-state index is 0.162. The van der Waals surface area contributed by atoms with Crippen LogP contribution in [0.4, 0.5) is 0 Å². The van der Waals surface area contributed by atoms with E-state index in [9.17, 15) is 0 Å². The van der Waals surface area contributed by atoms with Gasteiger partial charge in [-0.05, 0) is 33.6 Å². The molecule has 1 rings (SSSR count). The fourth-order valence-corrected chi connectivity index (χ4v) is 1.70. The van der Waals surface area contributed by atoms with E-state index in [-0.39, 0.29) is 11.6 Å². The second kappa shape index (κ2) is 2.83. The van der Waals surface area contributed by atoms with E-state index in [2.05, 4.69) is 31.7 Å². The van der Waals surface area contributed by atoms with Gasteiger partial charge in [0.2, 0.25) is 0 Å². The molecule has 0 aliphatic carbocycles. The predicted molar refractivity (Wildman–Crippen MR) is 45.1 cm³/mol. The molecule has 0 unspecified atom stereocenters. The predicted octanol–water partition coefficient (Wildman–Crippen LogP) is 1.77. The summed E-state index contributed by atoms with van der Waals surface area (Å²) in [6.07, 6.45) is 2.23. The van der Waals surface area contributed by atoms with Gasteiger partial charge in [-0.25, -0.2) is 0 Å². The van der Waals surface area contributed by atoms with Crippen LogP contribution < -0.4 is 0 Å². The van der Waals surface area contributed by atoms with Gasteiger partial charge in [-0.2, -0.15) is 5.26 Å². The summed E-state index contributed by atoms with van der Waals surface area (Å²) in [5, 5.41) is 8.81. The Bertz CT molecular complexity index is 173. The molecule has 1 atom stereocenters. The summed E-state index contributed by atoms with van der Waals surface area (Å²) in [6, 6.07) is 2.51. The van der Waals surface area contributed by atoms with Crippen molar-refractivity contribution in [2.75, 3.05) is 6.54 Å². The number of rotatable bonds is 0. The Morgan fingerprint density at radius 2 is 2.09 bits per heavy atom. The van der Waals surface area contributed by atoms with Gasteiger partial charge in [0, 0.05) is 12.1 Å². The number of hydrogen-bond acceptors (Lipinski definition) is 2. The van der Waals surface area contributed by atoms with Gasteiger partial charge in [0.15, 0.2) is 0 Å². The van der Waals surface area contributed by atoms with Crippen LogP contribution in [-0.2, 0) is 0 Å². The molecule has 1 aliphatic heterocycles. The normalized spacial score (nSPS) is 26.9. The highest BCUT2D eigenvalue weighted by molar-refractivity contribution is 4.99. The van der Waals surface area contributed by atoms with Crippen molar-refractivity contribution in [1.82, 2.24) is 4.90 Å². The number of likely N-dealkylation sites (tertiary alicyclic amines) is 1. The Labute approximate surface area is 68.8 Å². The molecular weight excluding hydrogens is 136 g/mol. The van der Waals surface area contributed by atoms with Crippen molar-refractivity contribution >= 4 is 0 Å². The molecule has 1 aliphatic rings. The molecule has 0 amide bonds. The van der Waals surface area contributed by atoms with Crippen LogP contribution in [0.3, 0.4) is 0 Å². The first kappa shape index (κ1) is 8.55. The second-order valence-corrected chi connectivity index (χ2v) is 4.15. The van der Waals surface area contributed by atoms with E-state index < -0.39 is 0 Å². The summed E-state index contributed by atoms with van der Waals surface area (Å²) in [5.74, 6) is 0. The van der Waals surface area contributed by atoms with E-state index in [1.807, 2.05) is 0 Å². The van der Waals surface area contributed by atoms with E-state index in [1.165, 1.54) is 6.42 Å². The number of nitrogens with zero attached hydrogens (tertiary/aromatic N) is 2. The quantitative estimate of drug-likeness (QED) is 0.529. The van der Waals surface area contributed by atoms with Crippen molar-refractivity contribution < 1.29 is 0 Å². The molecule has 0 N–H and O–H groups in total. The maximum atomic E-state index is 8.81. The lowest BCUT2D eigenvalue weighted by molar-refractivity contribution is 0.146. The van der Waals surface area contributed by atoms with E-state index in [1.54, 1.807) is 0 Å². The maximum absolute atomic E-state index is 8.81. The molecule has 62 valence electrons. The van der Waals surface area contributed by atoms with Gasteiger partial charge in [0.25, 0.3) is 0 Å². The minimum atomic E-state index is 0.162. The molecule has 2 nitrogen and oxygen atoms in total. The van der Waals surface area contributed by atoms with Crippen LogP contribution in [0.1, 0.15) is 33.6 Å². The molecule has 0 saturated carbocycles. The second-order valence-electron chi connectivity index (χ2n) is 4.15. The molecule has 0 spiro atoms. The molecule has 1 fully saturated rings. The highest BCUT2D eigenvalue weighted by Crippen LogP contribution is 2.25. The van der Waals surface area contributed by atoms with Crippen molar-refractivity contribution in [2.24, 2.45) is 0 Å². The first-order valence-corrected chi connectivity index (χ1v) is 4.22. The highest BCUT2D eigenvalue weighted by Gasteiger charge is 2.32. The van der Waals surface area contributed by atoms with Gasteiger partial charge in [-0.15, -0.1) is 0 Å². The van der Waals surface area contributed by atoms with Crippen LogP contribution in [0.2, 0.25) is 0 Å². The van der Waals surface area contributed by atoms with E-state index in [0.717, 1.165) is 13.0 Å². The first-order valence-electron chi connectivity index (χ1n) is 4.22. The van der Waals surface area contributed by atoms with Gasteiger partial charge in [0.1, 0.15) is 0 Å². The molecule has 1 saturated heterocycles. The van der Waals surface area contributed by atoms with Gasteiger partial charge < -0.3 is 0 Å². The van der Waals surface area contributed by atoms with Crippen molar-refractivity contribution in [1.29, 1.82) is 5.26 Å². The largest absolute Gasteiger partial charge is 0.283 e. The minimum Gasteiger partial charge on any atom is -0.283 e. The van der Waals surface area contributed by atoms with Crippen LogP contribution in [0.5, 0.6) is 0 Å². The lowest BCUT2D eigenvalue weighted by Crippen LogP contribution is -2.43. The number of nitriles is 1. The zero-order valence-electron chi connectivity index (χ0n) is 7.59.